The van der Waals surface area contributed by atoms with Crippen LogP contribution in [0.15, 0.2) is 29.7 Å². The summed E-state index contributed by atoms with van der Waals surface area (Å²) in [5.41, 5.74) is 0.495. The van der Waals surface area contributed by atoms with Crippen LogP contribution in [-0.4, -0.2) is 36.1 Å². The van der Waals surface area contributed by atoms with E-state index in [1.165, 1.54) is 27.3 Å². The number of hydrogen-bond donors (Lipinski definition) is 2. The van der Waals surface area contributed by atoms with E-state index in [4.69, 9.17) is 29.0 Å². The van der Waals surface area contributed by atoms with E-state index in [0.717, 1.165) is 0 Å². The second-order valence-electron chi connectivity index (χ2n) is 4.19. The molecule has 0 saturated carbocycles. The largest absolute Gasteiger partial charge is 0.335 e. The topological polar surface area (TPSA) is 103 Å². The van der Waals surface area contributed by atoms with Crippen molar-refractivity contribution in [3.63, 3.8) is 0 Å². The lowest BCUT2D eigenvalue weighted by Crippen LogP contribution is -2.14. The summed E-state index contributed by atoms with van der Waals surface area (Å²) in [6.07, 6.45) is 1.40. The Balaban J connectivity index is 1.65. The summed E-state index contributed by atoms with van der Waals surface area (Å²) in [5.74, 6) is 5.87. The Hall–Kier alpha value is -1.97. The Bertz CT molecular complexity index is 846. The van der Waals surface area contributed by atoms with Gasteiger partial charge < -0.3 is 11.2 Å². The number of hydrogen-bond acceptors (Lipinski definition) is 6. The Morgan fingerprint density at radius 2 is 2.18 bits per heavy atom. The van der Waals surface area contributed by atoms with Gasteiger partial charge in [-0.3, -0.25) is 4.79 Å². The molecular weight excluding hydrogens is 349 g/mol. The molecule has 0 spiro atoms. The van der Waals surface area contributed by atoms with Crippen LogP contribution in [0.2, 0.25) is 10.0 Å². The molecular formula is C11H9Cl2N7OS. The number of thioether (sulfide) groups is 1. The molecule has 0 aliphatic heterocycles. The van der Waals surface area contributed by atoms with Crippen molar-refractivity contribution in [3.05, 3.63) is 34.6 Å². The molecule has 1 amide bonds. The fourth-order valence-electron chi connectivity index (χ4n) is 1.68. The minimum Gasteiger partial charge on any atom is -0.335 e. The van der Waals surface area contributed by atoms with Crippen molar-refractivity contribution in [3.8, 4) is 0 Å². The smallest absolute Gasteiger partial charge is 0.273 e. The number of anilines is 1. The summed E-state index contributed by atoms with van der Waals surface area (Å²) >= 11 is 13.0. The molecule has 0 bridgehead atoms. The molecule has 0 radical (unpaired) electrons. The number of amides is 1. The van der Waals surface area contributed by atoms with Gasteiger partial charge >= 0.3 is 0 Å². The van der Waals surface area contributed by atoms with Crippen LogP contribution in [0.25, 0.3) is 5.78 Å². The first-order valence-electron chi connectivity index (χ1n) is 5.96. The maximum absolute atomic E-state index is 12.0. The number of fused-ring (bicyclic) bond motifs is 1. The monoisotopic (exact) mass is 357 g/mol. The van der Waals surface area contributed by atoms with E-state index in [1.807, 2.05) is 0 Å². The normalized spacial score (nSPS) is 11.0. The van der Waals surface area contributed by atoms with Crippen LogP contribution in [0.5, 0.6) is 0 Å². The quantitative estimate of drug-likeness (QED) is 0.543. The summed E-state index contributed by atoms with van der Waals surface area (Å²) in [4.78, 5) is 12.0. The van der Waals surface area contributed by atoms with Crippen molar-refractivity contribution >= 4 is 52.3 Å². The molecule has 2 aromatic heterocycles. The minimum absolute atomic E-state index is 0.122. The van der Waals surface area contributed by atoms with Crippen LogP contribution < -0.4 is 11.2 Å². The second-order valence-corrected chi connectivity index (χ2v) is 5.98. The number of carbonyl (C=O) groups is 1. The summed E-state index contributed by atoms with van der Waals surface area (Å²) in [7, 11) is 0. The third kappa shape index (κ3) is 2.96. The molecule has 0 saturated heterocycles. The lowest BCUT2D eigenvalue weighted by molar-refractivity contribution is -0.113. The molecule has 8 nitrogen and oxygen atoms in total. The fourth-order valence-corrected chi connectivity index (χ4v) is 2.81. The molecule has 1 aromatic carbocycles. The number of halogens is 2. The third-order valence-corrected chi connectivity index (χ3v) is 4.12. The molecule has 3 aromatic rings. The van der Waals surface area contributed by atoms with Gasteiger partial charge in [0.2, 0.25) is 11.1 Å². The maximum atomic E-state index is 12.0. The number of benzene rings is 1. The van der Waals surface area contributed by atoms with Crippen LogP contribution in [0.3, 0.4) is 0 Å². The van der Waals surface area contributed by atoms with Crippen molar-refractivity contribution < 1.29 is 4.79 Å². The van der Waals surface area contributed by atoms with Gasteiger partial charge in [-0.2, -0.15) is 9.61 Å². The number of carbonyl (C=O) groups excluding carboxylic acids is 1. The molecule has 3 N–H and O–H groups in total. The molecule has 114 valence electrons. The second kappa shape index (κ2) is 6.03. The van der Waals surface area contributed by atoms with Gasteiger partial charge in [0.15, 0.2) is 0 Å². The number of nitrogens with two attached hydrogens (primary N) is 1. The van der Waals surface area contributed by atoms with E-state index in [2.05, 4.69) is 20.6 Å². The van der Waals surface area contributed by atoms with Crippen LogP contribution in [0, 0.1) is 0 Å². The maximum Gasteiger partial charge on any atom is 0.273 e. The predicted molar refractivity (Wildman–Crippen MR) is 84.7 cm³/mol. The zero-order valence-corrected chi connectivity index (χ0v) is 13.2. The average Bonchev–Trinajstić information content (AvgIpc) is 3.03. The van der Waals surface area contributed by atoms with E-state index < -0.39 is 0 Å². The van der Waals surface area contributed by atoms with E-state index in [-0.39, 0.29) is 11.7 Å². The minimum atomic E-state index is -0.238. The molecule has 11 heteroatoms. The lowest BCUT2D eigenvalue weighted by atomic mass is 10.3. The first kappa shape index (κ1) is 14.9. The summed E-state index contributed by atoms with van der Waals surface area (Å²) in [6.45, 7) is 0. The Morgan fingerprint density at radius 1 is 1.36 bits per heavy atom. The molecule has 0 aliphatic carbocycles. The highest BCUT2D eigenvalue weighted by molar-refractivity contribution is 7.99. The van der Waals surface area contributed by atoms with Crippen molar-refractivity contribution in [2.24, 2.45) is 0 Å². The number of aromatic nitrogens is 5. The first-order valence-corrected chi connectivity index (χ1v) is 7.70. The van der Waals surface area contributed by atoms with Gasteiger partial charge in [-0.05, 0) is 18.2 Å². The van der Waals surface area contributed by atoms with Crippen LogP contribution in [0.1, 0.15) is 0 Å². The number of nitrogen functional groups attached to an aromatic ring is 1. The number of nitrogens with one attached hydrogen (secondary N) is 1. The molecule has 0 aliphatic rings. The molecule has 0 fully saturated rings. The van der Waals surface area contributed by atoms with E-state index in [0.29, 0.717) is 26.7 Å². The van der Waals surface area contributed by atoms with Gasteiger partial charge in [-0.25, -0.2) is 4.68 Å². The van der Waals surface area contributed by atoms with Crippen molar-refractivity contribution in [1.82, 2.24) is 24.5 Å². The molecule has 0 unspecified atom stereocenters. The number of rotatable bonds is 4. The molecule has 3 rings (SSSR count). The Kier molecular flexibility index (Phi) is 4.10. The van der Waals surface area contributed by atoms with Crippen LogP contribution in [0.4, 0.5) is 5.69 Å². The summed E-state index contributed by atoms with van der Waals surface area (Å²) in [6, 6.07) is 4.84. The van der Waals surface area contributed by atoms with Crippen LogP contribution >= 0.6 is 35.0 Å². The van der Waals surface area contributed by atoms with E-state index in [1.54, 1.807) is 18.2 Å². The molecule has 22 heavy (non-hydrogen) atoms. The highest BCUT2D eigenvalue weighted by Gasteiger charge is 2.13. The van der Waals surface area contributed by atoms with Gasteiger partial charge in [0.1, 0.15) is 6.33 Å². The van der Waals surface area contributed by atoms with Gasteiger partial charge in [0, 0.05) is 5.02 Å². The predicted octanol–water partition coefficient (Wildman–Crippen LogP) is 1.68. The van der Waals surface area contributed by atoms with Gasteiger partial charge in [-0.1, -0.05) is 35.0 Å². The highest BCUT2D eigenvalue weighted by atomic mass is 35.5. The third-order valence-electron chi connectivity index (χ3n) is 2.66. The summed E-state index contributed by atoms with van der Waals surface area (Å²) in [5, 5.41) is 15.8. The zero-order valence-electron chi connectivity index (χ0n) is 10.9. The zero-order chi connectivity index (χ0) is 15.7. The average molecular weight is 358 g/mol. The molecule has 0 atom stereocenters. The Morgan fingerprint density at radius 3 is 2.95 bits per heavy atom. The lowest BCUT2D eigenvalue weighted by Gasteiger charge is -2.06. The van der Waals surface area contributed by atoms with E-state index in [9.17, 15) is 4.79 Å². The first-order chi connectivity index (χ1) is 10.5. The number of nitrogens with zero attached hydrogens (tertiary/aromatic N) is 5. The van der Waals surface area contributed by atoms with Crippen LogP contribution in [-0.2, 0) is 4.79 Å². The summed E-state index contributed by atoms with van der Waals surface area (Å²) < 4.78 is 2.69. The fraction of sp³-hybridized carbons (Fsp3) is 0.0909. The molecule has 2 heterocycles. The van der Waals surface area contributed by atoms with Crippen molar-refractivity contribution in [2.45, 2.75) is 5.16 Å². The van der Waals surface area contributed by atoms with Crippen molar-refractivity contribution in [2.75, 3.05) is 16.9 Å². The standard InChI is InChI=1S/C11H9Cl2N7OS/c12-6-1-2-8(7(13)3-6)16-9(21)4-22-11-18-17-10-19(14)5-15-20(10)11/h1-3,5H,4,14H2,(H,16,21). The SMILES string of the molecule is Nn1cnn2c(SCC(=O)Nc3ccc(Cl)cc3Cl)nnc12. The van der Waals surface area contributed by atoms with Gasteiger partial charge in [0.05, 0.1) is 16.5 Å². The van der Waals surface area contributed by atoms with E-state index >= 15 is 0 Å². The van der Waals surface area contributed by atoms with Gasteiger partial charge in [-0.15, -0.1) is 10.2 Å². The highest BCUT2D eigenvalue weighted by Crippen LogP contribution is 2.25. The van der Waals surface area contributed by atoms with Crippen molar-refractivity contribution in [1.29, 1.82) is 0 Å². The Labute approximate surface area is 138 Å². The van der Waals surface area contributed by atoms with Gasteiger partial charge in [0.25, 0.3) is 5.78 Å².